The second-order valence-electron chi connectivity index (χ2n) is 16.0. The monoisotopic (exact) mass is 872 g/mol. The van der Waals surface area contributed by atoms with E-state index in [9.17, 15) is 5.11 Å². The number of hydrogen-bond donors (Lipinski definition) is 1. The van der Waals surface area contributed by atoms with Crippen LogP contribution in [0.4, 0.5) is 0 Å². The van der Waals surface area contributed by atoms with E-state index in [1.807, 2.05) is 153 Å². The van der Waals surface area contributed by atoms with Crippen LogP contribution in [0, 0.1) is 0 Å². The number of aliphatic hydroxyl groups is 1. The molecule has 1 aliphatic heterocycles. The summed E-state index contributed by atoms with van der Waals surface area (Å²) in [5.41, 5.74) is 7.77. The maximum absolute atomic E-state index is 14.0. The van der Waals surface area contributed by atoms with Gasteiger partial charge in [-0.3, -0.25) is 0 Å². The Balaban J connectivity index is 1.23. The molecule has 0 saturated carbocycles. The first-order valence-electron chi connectivity index (χ1n) is 22.0. The number of benzene rings is 7. The summed E-state index contributed by atoms with van der Waals surface area (Å²) in [5, 5.41) is 13.5. The molecule has 1 N–H and O–H groups in total. The summed E-state index contributed by atoms with van der Waals surface area (Å²) in [6.07, 6.45) is -1.64. The zero-order valence-corrected chi connectivity index (χ0v) is 37.1. The largest absolute Gasteiger partial charge is 0.494 e. The van der Waals surface area contributed by atoms with Gasteiger partial charge < -0.3 is 33.5 Å². The molecule has 328 valence electrons. The molecule has 7 nitrogen and oxygen atoms in total. The smallest absolute Gasteiger partial charge is 0.168 e. The van der Waals surface area contributed by atoms with Gasteiger partial charge in [0.2, 0.25) is 0 Å². The molecule has 5 atom stereocenters. The molecular weight excluding hydrogens is 817 g/mol. The highest BCUT2D eigenvalue weighted by Gasteiger charge is 2.57. The van der Waals surface area contributed by atoms with Crippen LogP contribution >= 0.6 is 11.8 Å². The van der Waals surface area contributed by atoms with E-state index in [0.29, 0.717) is 44.2 Å². The SMILES string of the molecule is CCOc1ccc(Cc2ccc(OCc3ccccc3)c(C3(O)S[C@H](COCc4ccccc4)[C@@H](OCc4ccccc4)[C@H](OCc4ccccc4)[C@H]3OCc3ccccc3)c2)cc1. The molecule has 0 radical (unpaired) electrons. The molecular formula is C56H56O7S. The van der Waals surface area contributed by atoms with Gasteiger partial charge in [0.25, 0.3) is 0 Å². The van der Waals surface area contributed by atoms with Crippen LogP contribution in [0.2, 0.25) is 0 Å². The summed E-state index contributed by atoms with van der Waals surface area (Å²) < 4.78 is 40.2. The maximum Gasteiger partial charge on any atom is 0.168 e. The van der Waals surface area contributed by atoms with Gasteiger partial charge in [-0.15, -0.1) is 11.8 Å². The zero-order valence-electron chi connectivity index (χ0n) is 36.2. The average Bonchev–Trinajstić information content (AvgIpc) is 3.34. The Labute approximate surface area is 381 Å². The highest BCUT2D eigenvalue weighted by atomic mass is 32.2. The maximum atomic E-state index is 14.0. The Morgan fingerprint density at radius 3 is 1.47 bits per heavy atom. The molecule has 0 amide bonds. The lowest BCUT2D eigenvalue weighted by atomic mass is 9.91. The predicted molar refractivity (Wildman–Crippen MR) is 254 cm³/mol. The molecule has 8 rings (SSSR count). The lowest BCUT2D eigenvalue weighted by Crippen LogP contribution is -2.61. The average molecular weight is 873 g/mol. The van der Waals surface area contributed by atoms with E-state index in [-0.39, 0.29) is 19.8 Å². The van der Waals surface area contributed by atoms with Crippen LogP contribution in [-0.2, 0) is 63.3 Å². The van der Waals surface area contributed by atoms with Gasteiger partial charge in [-0.25, -0.2) is 0 Å². The van der Waals surface area contributed by atoms with E-state index < -0.39 is 28.5 Å². The summed E-state index contributed by atoms with van der Waals surface area (Å²) in [5.74, 6) is 1.38. The molecule has 0 aromatic heterocycles. The molecule has 7 aromatic rings. The van der Waals surface area contributed by atoms with Gasteiger partial charge in [0.1, 0.15) is 36.4 Å². The van der Waals surface area contributed by atoms with E-state index in [1.165, 1.54) is 11.8 Å². The van der Waals surface area contributed by atoms with Gasteiger partial charge in [0, 0.05) is 5.56 Å². The van der Waals surface area contributed by atoms with Crippen molar-refractivity contribution in [2.45, 2.75) is 74.9 Å². The first kappa shape index (κ1) is 44.9. The molecule has 1 unspecified atom stereocenters. The van der Waals surface area contributed by atoms with Crippen LogP contribution in [0.5, 0.6) is 11.5 Å². The minimum absolute atomic E-state index is 0.228. The molecule has 0 bridgehead atoms. The third-order valence-electron chi connectivity index (χ3n) is 11.3. The first-order chi connectivity index (χ1) is 31.5. The zero-order chi connectivity index (χ0) is 43.8. The van der Waals surface area contributed by atoms with Gasteiger partial charge in [0.15, 0.2) is 4.93 Å². The number of ether oxygens (including phenoxy) is 6. The van der Waals surface area contributed by atoms with Crippen molar-refractivity contribution in [3.8, 4) is 11.5 Å². The van der Waals surface area contributed by atoms with E-state index >= 15 is 0 Å². The van der Waals surface area contributed by atoms with Crippen molar-refractivity contribution >= 4 is 11.8 Å². The van der Waals surface area contributed by atoms with Crippen LogP contribution in [0.25, 0.3) is 0 Å². The van der Waals surface area contributed by atoms with Gasteiger partial charge in [-0.1, -0.05) is 170 Å². The summed E-state index contributed by atoms with van der Waals surface area (Å²) in [7, 11) is 0. The fourth-order valence-electron chi connectivity index (χ4n) is 8.00. The Bertz CT molecular complexity index is 2420. The van der Waals surface area contributed by atoms with E-state index in [0.717, 1.165) is 44.7 Å². The Morgan fingerprint density at radius 2 is 0.938 bits per heavy atom. The highest BCUT2D eigenvalue weighted by Crippen LogP contribution is 2.53. The second-order valence-corrected chi connectivity index (χ2v) is 17.4. The summed E-state index contributed by atoms with van der Waals surface area (Å²) in [6.45, 7) is 4.39. The minimum Gasteiger partial charge on any atom is -0.494 e. The minimum atomic E-state index is -1.72. The summed E-state index contributed by atoms with van der Waals surface area (Å²) >= 11 is 1.40. The van der Waals surface area contributed by atoms with Crippen LogP contribution in [0.1, 0.15) is 51.4 Å². The van der Waals surface area contributed by atoms with E-state index in [2.05, 4.69) is 48.5 Å². The summed E-state index contributed by atoms with van der Waals surface area (Å²) in [6, 6.07) is 64.8. The van der Waals surface area contributed by atoms with E-state index in [4.69, 9.17) is 28.4 Å². The highest BCUT2D eigenvalue weighted by molar-refractivity contribution is 8.00. The van der Waals surface area contributed by atoms with Crippen LogP contribution in [0.15, 0.2) is 194 Å². The fraction of sp³-hybridized carbons (Fsp3) is 0.250. The molecule has 64 heavy (non-hydrogen) atoms. The molecule has 0 spiro atoms. The molecule has 1 aliphatic rings. The van der Waals surface area contributed by atoms with Gasteiger partial charge in [-0.2, -0.15) is 0 Å². The topological polar surface area (TPSA) is 75.6 Å². The molecule has 1 fully saturated rings. The number of rotatable bonds is 21. The predicted octanol–water partition coefficient (Wildman–Crippen LogP) is 11.5. The van der Waals surface area contributed by atoms with Gasteiger partial charge in [-0.05, 0) is 76.6 Å². The van der Waals surface area contributed by atoms with Crippen molar-refractivity contribution in [3.05, 3.63) is 239 Å². The molecule has 0 aliphatic carbocycles. The Hall–Kier alpha value is -5.71. The van der Waals surface area contributed by atoms with Crippen LogP contribution in [-0.4, -0.2) is 41.9 Å². The normalized spacial score (nSPS) is 19.5. The van der Waals surface area contributed by atoms with Crippen molar-refractivity contribution in [1.29, 1.82) is 0 Å². The van der Waals surface area contributed by atoms with Crippen LogP contribution in [0.3, 0.4) is 0 Å². The number of hydrogen-bond acceptors (Lipinski definition) is 8. The lowest BCUT2D eigenvalue weighted by molar-refractivity contribution is -0.199. The van der Waals surface area contributed by atoms with Crippen LogP contribution < -0.4 is 9.47 Å². The van der Waals surface area contributed by atoms with Crippen molar-refractivity contribution in [1.82, 2.24) is 0 Å². The molecule has 1 heterocycles. The standard InChI is InChI=1S/C56H56O7S/c1-2-59-49-31-28-42(29-32-49)34-48-30-33-51(60-37-44-20-10-4-11-21-44)50(35-48)56(57)55(63-40-47-26-16-7-17-27-47)54(62-39-46-24-14-6-15-25-46)53(61-38-45-22-12-5-13-23-45)52(64-56)41-58-36-43-18-8-3-9-19-43/h3-33,35,52-55,57H,2,34,36-41H2,1H3/t52-,53-,54+,55-,56?/m1/s1. The third-order valence-corrected chi connectivity index (χ3v) is 12.8. The van der Waals surface area contributed by atoms with Crippen molar-refractivity contribution < 1.29 is 33.5 Å². The van der Waals surface area contributed by atoms with Crippen molar-refractivity contribution in [2.24, 2.45) is 0 Å². The molecule has 1 saturated heterocycles. The fourth-order valence-corrected chi connectivity index (χ4v) is 9.62. The van der Waals surface area contributed by atoms with Gasteiger partial charge >= 0.3 is 0 Å². The van der Waals surface area contributed by atoms with Gasteiger partial charge in [0.05, 0.1) is 44.9 Å². The number of thioether (sulfide) groups is 1. The van der Waals surface area contributed by atoms with E-state index in [1.54, 1.807) is 0 Å². The lowest BCUT2D eigenvalue weighted by Gasteiger charge is -2.50. The Kier molecular flexibility index (Phi) is 16.0. The molecule has 7 aromatic carbocycles. The quantitative estimate of drug-likeness (QED) is 0.0765. The first-order valence-corrected chi connectivity index (χ1v) is 22.9. The second kappa shape index (κ2) is 22.8. The van der Waals surface area contributed by atoms with Crippen molar-refractivity contribution in [2.75, 3.05) is 13.2 Å². The summed E-state index contributed by atoms with van der Waals surface area (Å²) in [4.78, 5) is -1.72. The third kappa shape index (κ3) is 12.1. The molecule has 8 heteroatoms. The van der Waals surface area contributed by atoms with Crippen molar-refractivity contribution in [3.63, 3.8) is 0 Å². The Morgan fingerprint density at radius 1 is 0.469 bits per heavy atom.